The zero-order chi connectivity index (χ0) is 19.2. The fourth-order valence-corrected chi connectivity index (χ4v) is 3.39. The lowest BCUT2D eigenvalue weighted by molar-refractivity contribution is 0.0949. The van der Waals surface area contributed by atoms with Crippen molar-refractivity contribution in [1.29, 1.82) is 0 Å². The first-order valence-corrected chi connectivity index (χ1v) is 9.92. The molecule has 0 spiro atoms. The summed E-state index contributed by atoms with van der Waals surface area (Å²) < 4.78 is 0. The molecular formula is C23H31N3O. The van der Waals surface area contributed by atoms with Gasteiger partial charge < -0.3 is 10.2 Å². The Bertz CT molecular complexity index is 746. The number of hydrogen-bond acceptors (Lipinski definition) is 3. The van der Waals surface area contributed by atoms with Crippen LogP contribution >= 0.6 is 0 Å². The average molecular weight is 366 g/mol. The fourth-order valence-electron chi connectivity index (χ4n) is 3.39. The molecule has 0 unspecified atom stereocenters. The maximum Gasteiger partial charge on any atom is 0.251 e. The van der Waals surface area contributed by atoms with Gasteiger partial charge in [0.1, 0.15) is 0 Å². The van der Waals surface area contributed by atoms with E-state index in [2.05, 4.69) is 66.2 Å². The molecule has 2 aromatic carbocycles. The topological polar surface area (TPSA) is 35.6 Å². The van der Waals surface area contributed by atoms with E-state index in [1.54, 1.807) is 0 Å². The Morgan fingerprint density at radius 3 is 2.41 bits per heavy atom. The van der Waals surface area contributed by atoms with Gasteiger partial charge in [-0.2, -0.15) is 0 Å². The highest BCUT2D eigenvalue weighted by atomic mass is 16.1. The molecule has 1 saturated heterocycles. The molecule has 2 aromatic rings. The number of amides is 1. The van der Waals surface area contributed by atoms with Crippen molar-refractivity contribution in [3.05, 3.63) is 65.2 Å². The van der Waals surface area contributed by atoms with E-state index in [4.69, 9.17) is 0 Å². The third-order valence-electron chi connectivity index (χ3n) is 5.04. The monoisotopic (exact) mass is 365 g/mol. The van der Waals surface area contributed by atoms with Crippen LogP contribution in [-0.2, 0) is 6.54 Å². The number of carbonyl (C=O) groups is 1. The van der Waals surface area contributed by atoms with Crippen molar-refractivity contribution in [1.82, 2.24) is 10.2 Å². The number of piperazine rings is 1. The first-order chi connectivity index (χ1) is 13.0. The molecule has 3 rings (SSSR count). The predicted octanol–water partition coefficient (Wildman–Crippen LogP) is 3.70. The Morgan fingerprint density at radius 2 is 1.74 bits per heavy atom. The van der Waals surface area contributed by atoms with Gasteiger partial charge in [0.15, 0.2) is 0 Å². The highest BCUT2D eigenvalue weighted by molar-refractivity contribution is 5.94. The molecule has 1 aliphatic heterocycles. The molecule has 0 bridgehead atoms. The molecule has 0 radical (unpaired) electrons. The maximum atomic E-state index is 12.3. The van der Waals surface area contributed by atoms with Gasteiger partial charge in [-0.1, -0.05) is 43.7 Å². The predicted molar refractivity (Wildman–Crippen MR) is 112 cm³/mol. The van der Waals surface area contributed by atoms with E-state index in [0.717, 1.165) is 38.3 Å². The summed E-state index contributed by atoms with van der Waals surface area (Å²) in [4.78, 5) is 17.2. The second-order valence-corrected chi connectivity index (χ2v) is 7.90. The zero-order valence-corrected chi connectivity index (χ0v) is 16.7. The molecule has 0 saturated carbocycles. The Hall–Kier alpha value is -2.33. The zero-order valence-electron chi connectivity index (χ0n) is 16.7. The molecule has 4 heteroatoms. The molecule has 1 fully saturated rings. The lowest BCUT2D eigenvalue weighted by atomic mass is 10.1. The van der Waals surface area contributed by atoms with Crippen molar-refractivity contribution in [2.24, 2.45) is 5.92 Å². The molecular weight excluding hydrogens is 334 g/mol. The fraction of sp³-hybridized carbons (Fsp3) is 0.435. The van der Waals surface area contributed by atoms with E-state index in [9.17, 15) is 4.79 Å². The molecule has 0 aromatic heterocycles. The summed E-state index contributed by atoms with van der Waals surface area (Å²) in [7, 11) is 0. The van der Waals surface area contributed by atoms with Gasteiger partial charge >= 0.3 is 0 Å². The van der Waals surface area contributed by atoms with Gasteiger partial charge in [-0.3, -0.25) is 9.69 Å². The van der Waals surface area contributed by atoms with E-state index < -0.39 is 0 Å². The lowest BCUT2D eigenvalue weighted by Gasteiger charge is -2.36. The second kappa shape index (κ2) is 9.05. The van der Waals surface area contributed by atoms with Crippen LogP contribution in [0.3, 0.4) is 0 Å². The maximum absolute atomic E-state index is 12.3. The molecule has 1 aliphatic rings. The standard InChI is InChI=1S/C23H31N3O/c1-18(2)16-24-23(27)21-6-4-5-20(15-21)17-25-11-13-26(14-12-25)22-9-7-19(3)8-10-22/h4-10,15,18H,11-14,16-17H2,1-3H3,(H,24,27). The Kier molecular flexibility index (Phi) is 6.51. The number of benzene rings is 2. The third-order valence-corrected chi connectivity index (χ3v) is 5.04. The number of aryl methyl sites for hydroxylation is 1. The summed E-state index contributed by atoms with van der Waals surface area (Å²) >= 11 is 0. The van der Waals surface area contributed by atoms with Gasteiger partial charge in [-0.15, -0.1) is 0 Å². The van der Waals surface area contributed by atoms with Crippen molar-refractivity contribution in [3.8, 4) is 0 Å². The summed E-state index contributed by atoms with van der Waals surface area (Å²) in [6.45, 7) is 12.1. The van der Waals surface area contributed by atoms with Gasteiger partial charge in [0.2, 0.25) is 0 Å². The molecule has 1 amide bonds. The van der Waals surface area contributed by atoms with Crippen LogP contribution in [0.25, 0.3) is 0 Å². The number of carbonyl (C=O) groups excluding carboxylic acids is 1. The van der Waals surface area contributed by atoms with Crippen LogP contribution in [-0.4, -0.2) is 43.5 Å². The molecule has 0 atom stereocenters. The minimum absolute atomic E-state index is 0.0229. The first-order valence-electron chi connectivity index (χ1n) is 9.92. The van der Waals surface area contributed by atoms with Gasteiger partial charge in [-0.05, 0) is 42.7 Å². The minimum Gasteiger partial charge on any atom is -0.369 e. The molecule has 0 aliphatic carbocycles. The number of hydrogen-bond donors (Lipinski definition) is 1. The van der Waals surface area contributed by atoms with Crippen molar-refractivity contribution >= 4 is 11.6 Å². The van der Waals surface area contributed by atoms with Crippen molar-refractivity contribution in [2.45, 2.75) is 27.3 Å². The van der Waals surface area contributed by atoms with E-state index in [0.29, 0.717) is 12.5 Å². The van der Waals surface area contributed by atoms with Crippen LogP contribution < -0.4 is 10.2 Å². The Balaban J connectivity index is 1.53. The van der Waals surface area contributed by atoms with Gasteiger partial charge in [0, 0.05) is 50.5 Å². The van der Waals surface area contributed by atoms with Crippen LogP contribution in [0.4, 0.5) is 5.69 Å². The largest absolute Gasteiger partial charge is 0.369 e. The van der Waals surface area contributed by atoms with Crippen LogP contribution in [0.15, 0.2) is 48.5 Å². The Labute approximate surface area is 163 Å². The van der Waals surface area contributed by atoms with Crippen molar-refractivity contribution in [3.63, 3.8) is 0 Å². The summed E-state index contributed by atoms with van der Waals surface area (Å²) in [5.74, 6) is 0.483. The van der Waals surface area contributed by atoms with Crippen molar-refractivity contribution in [2.75, 3.05) is 37.6 Å². The molecule has 27 heavy (non-hydrogen) atoms. The summed E-state index contributed by atoms with van der Waals surface area (Å²) in [6, 6.07) is 16.8. The highest BCUT2D eigenvalue weighted by Crippen LogP contribution is 2.18. The average Bonchev–Trinajstić information content (AvgIpc) is 2.67. The molecule has 1 N–H and O–H groups in total. The number of anilines is 1. The minimum atomic E-state index is 0.0229. The van der Waals surface area contributed by atoms with E-state index in [1.165, 1.54) is 16.8 Å². The van der Waals surface area contributed by atoms with Crippen LogP contribution in [0.2, 0.25) is 0 Å². The normalized spacial score (nSPS) is 15.2. The summed E-state index contributed by atoms with van der Waals surface area (Å²) in [5, 5.41) is 3.00. The van der Waals surface area contributed by atoms with Gasteiger partial charge in [0.25, 0.3) is 5.91 Å². The van der Waals surface area contributed by atoms with E-state index >= 15 is 0 Å². The van der Waals surface area contributed by atoms with Crippen LogP contribution in [0.1, 0.15) is 35.3 Å². The van der Waals surface area contributed by atoms with Crippen molar-refractivity contribution < 1.29 is 4.79 Å². The van der Waals surface area contributed by atoms with Crippen LogP contribution in [0, 0.1) is 12.8 Å². The van der Waals surface area contributed by atoms with Crippen LogP contribution in [0.5, 0.6) is 0 Å². The smallest absolute Gasteiger partial charge is 0.251 e. The number of nitrogens with zero attached hydrogens (tertiary/aromatic N) is 2. The molecule has 4 nitrogen and oxygen atoms in total. The summed E-state index contributed by atoms with van der Waals surface area (Å²) in [6.07, 6.45) is 0. The summed E-state index contributed by atoms with van der Waals surface area (Å²) in [5.41, 5.74) is 4.57. The molecule has 144 valence electrons. The number of rotatable bonds is 6. The second-order valence-electron chi connectivity index (χ2n) is 7.90. The van der Waals surface area contributed by atoms with Gasteiger partial charge in [-0.25, -0.2) is 0 Å². The lowest BCUT2D eigenvalue weighted by Crippen LogP contribution is -2.46. The van der Waals surface area contributed by atoms with E-state index in [1.807, 2.05) is 18.2 Å². The molecule has 1 heterocycles. The SMILES string of the molecule is Cc1ccc(N2CCN(Cc3cccc(C(=O)NCC(C)C)c3)CC2)cc1. The quantitative estimate of drug-likeness (QED) is 0.848. The van der Waals surface area contributed by atoms with Gasteiger partial charge in [0.05, 0.1) is 0 Å². The highest BCUT2D eigenvalue weighted by Gasteiger charge is 2.17. The Morgan fingerprint density at radius 1 is 1.04 bits per heavy atom. The third kappa shape index (κ3) is 5.57. The number of nitrogens with one attached hydrogen (secondary N) is 1. The first kappa shape index (κ1) is 19.4. The van der Waals surface area contributed by atoms with E-state index in [-0.39, 0.29) is 5.91 Å².